The van der Waals surface area contributed by atoms with E-state index in [-0.39, 0.29) is 11.6 Å². The summed E-state index contributed by atoms with van der Waals surface area (Å²) in [5.74, 6) is -0.245. The number of ether oxygens (including phenoxy) is 1. The SMILES string of the molecule is CCNc1ccc([N+](=O)[O-])cc1C(=O)N(C)CCCOC. The molecule has 1 aromatic carbocycles. The van der Waals surface area contributed by atoms with Crippen molar-refractivity contribution in [2.45, 2.75) is 13.3 Å². The van der Waals surface area contributed by atoms with Gasteiger partial charge in [0.25, 0.3) is 11.6 Å². The molecule has 0 spiro atoms. The number of carbonyl (C=O) groups is 1. The summed E-state index contributed by atoms with van der Waals surface area (Å²) < 4.78 is 4.95. The Hall–Kier alpha value is -2.15. The Morgan fingerprint density at radius 3 is 2.76 bits per heavy atom. The summed E-state index contributed by atoms with van der Waals surface area (Å²) >= 11 is 0. The van der Waals surface area contributed by atoms with Crippen molar-refractivity contribution in [2.24, 2.45) is 0 Å². The summed E-state index contributed by atoms with van der Waals surface area (Å²) in [4.78, 5) is 24.3. The Morgan fingerprint density at radius 1 is 1.48 bits per heavy atom. The average molecular weight is 295 g/mol. The molecule has 21 heavy (non-hydrogen) atoms. The number of hydrogen-bond donors (Lipinski definition) is 1. The summed E-state index contributed by atoms with van der Waals surface area (Å²) in [7, 11) is 3.28. The zero-order valence-electron chi connectivity index (χ0n) is 12.6. The molecule has 0 saturated heterocycles. The van der Waals surface area contributed by atoms with Crippen molar-refractivity contribution < 1.29 is 14.5 Å². The molecule has 7 nitrogen and oxygen atoms in total. The van der Waals surface area contributed by atoms with E-state index in [2.05, 4.69) is 5.32 Å². The maximum Gasteiger partial charge on any atom is 0.270 e. The van der Waals surface area contributed by atoms with Crippen LogP contribution in [-0.2, 0) is 4.74 Å². The van der Waals surface area contributed by atoms with Gasteiger partial charge in [0.1, 0.15) is 0 Å². The van der Waals surface area contributed by atoms with Crippen LogP contribution in [0.2, 0.25) is 0 Å². The number of amides is 1. The van der Waals surface area contributed by atoms with Crippen molar-refractivity contribution in [3.8, 4) is 0 Å². The van der Waals surface area contributed by atoms with Crippen molar-refractivity contribution >= 4 is 17.3 Å². The molecule has 0 bridgehead atoms. The van der Waals surface area contributed by atoms with Gasteiger partial charge in [-0.15, -0.1) is 0 Å². The number of nitro groups is 1. The molecule has 0 saturated carbocycles. The zero-order valence-corrected chi connectivity index (χ0v) is 12.6. The van der Waals surface area contributed by atoms with Crippen LogP contribution in [0.15, 0.2) is 18.2 Å². The maximum absolute atomic E-state index is 12.4. The minimum absolute atomic E-state index is 0.0923. The number of rotatable bonds is 8. The number of nitrogens with one attached hydrogen (secondary N) is 1. The summed E-state index contributed by atoms with van der Waals surface area (Å²) in [6.45, 7) is 3.62. The summed E-state index contributed by atoms with van der Waals surface area (Å²) in [6, 6.07) is 4.27. The molecule has 0 aliphatic rings. The molecular formula is C14H21N3O4. The Balaban J connectivity index is 2.98. The molecule has 0 heterocycles. The van der Waals surface area contributed by atoms with E-state index in [1.54, 1.807) is 25.1 Å². The number of carbonyl (C=O) groups excluding carboxylic acids is 1. The Morgan fingerprint density at radius 2 is 2.19 bits per heavy atom. The lowest BCUT2D eigenvalue weighted by atomic mass is 10.1. The predicted molar refractivity (Wildman–Crippen MR) is 80.7 cm³/mol. The fraction of sp³-hybridized carbons (Fsp3) is 0.500. The first-order chi connectivity index (χ1) is 10.0. The topological polar surface area (TPSA) is 84.7 Å². The number of methoxy groups -OCH3 is 1. The lowest BCUT2D eigenvalue weighted by Gasteiger charge is -2.19. The second kappa shape index (κ2) is 8.21. The standard InChI is InChI=1S/C14H21N3O4/c1-4-15-13-7-6-11(17(19)20)10-12(13)14(18)16(2)8-5-9-21-3/h6-7,10,15H,4-5,8-9H2,1-3H3. The maximum atomic E-state index is 12.4. The molecule has 7 heteroatoms. The Bertz CT molecular complexity index is 505. The van der Waals surface area contributed by atoms with Crippen LogP contribution in [0.4, 0.5) is 11.4 Å². The van der Waals surface area contributed by atoms with Crippen molar-refractivity contribution in [3.63, 3.8) is 0 Å². The second-order valence-corrected chi connectivity index (χ2v) is 4.59. The molecule has 0 fully saturated rings. The highest BCUT2D eigenvalue weighted by atomic mass is 16.6. The first kappa shape index (κ1) is 16.9. The van der Waals surface area contributed by atoms with E-state index >= 15 is 0 Å². The number of nitro benzene ring substituents is 1. The number of nitrogens with zero attached hydrogens (tertiary/aromatic N) is 2. The zero-order chi connectivity index (χ0) is 15.8. The van der Waals surface area contributed by atoms with Gasteiger partial charge in [0.15, 0.2) is 0 Å². The molecule has 0 unspecified atom stereocenters. The highest BCUT2D eigenvalue weighted by molar-refractivity contribution is 6.00. The van der Waals surface area contributed by atoms with Crippen LogP contribution in [-0.4, -0.2) is 49.6 Å². The average Bonchev–Trinajstić information content (AvgIpc) is 2.47. The molecule has 0 aliphatic heterocycles. The van der Waals surface area contributed by atoms with E-state index in [4.69, 9.17) is 4.74 Å². The van der Waals surface area contributed by atoms with Crippen molar-refractivity contribution in [2.75, 3.05) is 39.2 Å². The van der Waals surface area contributed by atoms with E-state index in [1.165, 1.54) is 12.1 Å². The van der Waals surface area contributed by atoms with Gasteiger partial charge in [-0.25, -0.2) is 0 Å². The molecular weight excluding hydrogens is 274 g/mol. The van der Waals surface area contributed by atoms with Crippen LogP contribution in [0.1, 0.15) is 23.7 Å². The number of non-ortho nitro benzene ring substituents is 1. The smallest absolute Gasteiger partial charge is 0.270 e. The first-order valence-electron chi connectivity index (χ1n) is 6.78. The van der Waals surface area contributed by atoms with Crippen LogP contribution in [0.5, 0.6) is 0 Å². The molecule has 0 radical (unpaired) electrons. The number of anilines is 1. The predicted octanol–water partition coefficient (Wildman–Crippen LogP) is 2.14. The third kappa shape index (κ3) is 4.71. The fourth-order valence-electron chi connectivity index (χ4n) is 1.92. The van der Waals surface area contributed by atoms with Gasteiger partial charge >= 0.3 is 0 Å². The van der Waals surface area contributed by atoms with Gasteiger partial charge in [-0.05, 0) is 19.4 Å². The van der Waals surface area contributed by atoms with E-state index in [0.717, 1.165) is 0 Å². The fourth-order valence-corrected chi connectivity index (χ4v) is 1.92. The van der Waals surface area contributed by atoms with E-state index < -0.39 is 4.92 Å². The quantitative estimate of drug-likeness (QED) is 0.451. The minimum atomic E-state index is -0.503. The largest absolute Gasteiger partial charge is 0.385 e. The Labute approximate surface area is 124 Å². The summed E-state index contributed by atoms with van der Waals surface area (Å²) in [5.41, 5.74) is 0.822. The first-order valence-corrected chi connectivity index (χ1v) is 6.78. The second-order valence-electron chi connectivity index (χ2n) is 4.59. The summed E-state index contributed by atoms with van der Waals surface area (Å²) in [5, 5.41) is 13.9. The van der Waals surface area contributed by atoms with Crippen molar-refractivity contribution in [1.82, 2.24) is 4.90 Å². The third-order valence-electron chi connectivity index (χ3n) is 3.00. The van der Waals surface area contributed by atoms with Gasteiger partial charge in [-0.1, -0.05) is 0 Å². The summed E-state index contributed by atoms with van der Waals surface area (Å²) in [6.07, 6.45) is 0.713. The minimum Gasteiger partial charge on any atom is -0.385 e. The monoisotopic (exact) mass is 295 g/mol. The third-order valence-corrected chi connectivity index (χ3v) is 3.00. The molecule has 116 valence electrons. The molecule has 1 rings (SSSR count). The van der Waals surface area contributed by atoms with Gasteiger partial charge in [-0.2, -0.15) is 0 Å². The van der Waals surface area contributed by atoms with Gasteiger partial charge in [-0.3, -0.25) is 14.9 Å². The van der Waals surface area contributed by atoms with E-state index in [9.17, 15) is 14.9 Å². The highest BCUT2D eigenvalue weighted by Gasteiger charge is 2.19. The van der Waals surface area contributed by atoms with Crippen LogP contribution in [0, 0.1) is 10.1 Å². The van der Waals surface area contributed by atoms with Gasteiger partial charge in [0.05, 0.1) is 10.5 Å². The van der Waals surface area contributed by atoms with E-state index in [0.29, 0.717) is 37.4 Å². The molecule has 1 N–H and O–H groups in total. The molecule has 1 amide bonds. The van der Waals surface area contributed by atoms with Crippen LogP contribution in [0.3, 0.4) is 0 Å². The molecule has 0 aliphatic carbocycles. The van der Waals surface area contributed by atoms with Gasteiger partial charge in [0, 0.05) is 51.7 Å². The van der Waals surface area contributed by atoms with Crippen LogP contribution >= 0.6 is 0 Å². The number of hydrogen-bond acceptors (Lipinski definition) is 5. The molecule has 1 aromatic rings. The van der Waals surface area contributed by atoms with Crippen molar-refractivity contribution in [1.29, 1.82) is 0 Å². The Kier molecular flexibility index (Phi) is 6.61. The van der Waals surface area contributed by atoms with Crippen LogP contribution in [0.25, 0.3) is 0 Å². The normalized spacial score (nSPS) is 10.2. The lowest BCUT2D eigenvalue weighted by molar-refractivity contribution is -0.384. The molecule has 0 aromatic heterocycles. The molecule has 0 atom stereocenters. The van der Waals surface area contributed by atoms with Crippen LogP contribution < -0.4 is 5.32 Å². The van der Waals surface area contributed by atoms with Gasteiger partial charge in [0.2, 0.25) is 0 Å². The number of benzene rings is 1. The van der Waals surface area contributed by atoms with Gasteiger partial charge < -0.3 is 15.0 Å². The highest BCUT2D eigenvalue weighted by Crippen LogP contribution is 2.23. The lowest BCUT2D eigenvalue weighted by Crippen LogP contribution is -2.29. The van der Waals surface area contributed by atoms with E-state index in [1.807, 2.05) is 6.92 Å². The van der Waals surface area contributed by atoms with Crippen molar-refractivity contribution in [3.05, 3.63) is 33.9 Å².